The maximum Gasteiger partial charge on any atom is 0.217 e. The number of ether oxygens (including phenoxy) is 1. The molecular formula is C7H14N2O3S. The summed E-state index contributed by atoms with van der Waals surface area (Å²) in [6.45, 7) is 1.54. The summed E-state index contributed by atoms with van der Waals surface area (Å²) in [4.78, 5) is 0. The molecule has 0 fully saturated rings. The fraction of sp³-hybridized carbons (Fsp3) is 0.857. The first-order valence-electron chi connectivity index (χ1n) is 3.77. The molecule has 1 unspecified atom stereocenters. The third-order valence-electron chi connectivity index (χ3n) is 1.62. The summed E-state index contributed by atoms with van der Waals surface area (Å²) in [6, 6.07) is 1.77. The van der Waals surface area contributed by atoms with Gasteiger partial charge in [-0.25, -0.2) is 8.42 Å². The topological polar surface area (TPSA) is 70.4 Å². The first-order chi connectivity index (χ1) is 5.94. The van der Waals surface area contributed by atoms with Gasteiger partial charge < -0.3 is 4.74 Å². The lowest BCUT2D eigenvalue weighted by atomic mass is 10.5. The summed E-state index contributed by atoms with van der Waals surface area (Å²) < 4.78 is 28.6. The Morgan fingerprint density at radius 2 is 2.15 bits per heavy atom. The quantitative estimate of drug-likeness (QED) is 0.584. The summed E-state index contributed by atoms with van der Waals surface area (Å²) in [5.74, 6) is -0.0956. The Bertz CT molecular complexity index is 281. The second-order valence-electron chi connectivity index (χ2n) is 2.74. The molecule has 0 aliphatic carbocycles. The van der Waals surface area contributed by atoms with E-state index in [0.29, 0.717) is 0 Å². The minimum atomic E-state index is -3.35. The Morgan fingerprint density at radius 3 is 2.54 bits per heavy atom. The van der Waals surface area contributed by atoms with E-state index in [1.165, 1.54) is 14.2 Å². The van der Waals surface area contributed by atoms with Crippen LogP contribution in [0.4, 0.5) is 0 Å². The molecule has 0 aromatic heterocycles. The number of rotatable bonds is 5. The summed E-state index contributed by atoms with van der Waals surface area (Å²) in [5, 5.41) is 8.30. The second kappa shape index (κ2) is 5.17. The van der Waals surface area contributed by atoms with E-state index < -0.39 is 10.0 Å². The van der Waals surface area contributed by atoms with Crippen molar-refractivity contribution in [2.45, 2.75) is 13.0 Å². The Hall–Kier alpha value is -0.640. The van der Waals surface area contributed by atoms with E-state index in [1.807, 2.05) is 0 Å². The highest BCUT2D eigenvalue weighted by Crippen LogP contribution is 2.01. The van der Waals surface area contributed by atoms with Gasteiger partial charge >= 0.3 is 0 Å². The molecule has 0 saturated heterocycles. The van der Waals surface area contributed by atoms with Crippen LogP contribution in [0.15, 0.2) is 0 Å². The summed E-state index contributed by atoms with van der Waals surface area (Å²) in [6.07, 6.45) is -0.355. The van der Waals surface area contributed by atoms with Gasteiger partial charge in [0.25, 0.3) is 0 Å². The zero-order valence-corrected chi connectivity index (χ0v) is 8.84. The van der Waals surface area contributed by atoms with Crippen molar-refractivity contribution >= 4 is 10.0 Å². The van der Waals surface area contributed by atoms with E-state index in [1.54, 1.807) is 13.0 Å². The van der Waals surface area contributed by atoms with Crippen molar-refractivity contribution in [3.63, 3.8) is 0 Å². The molecule has 0 N–H and O–H groups in total. The predicted molar refractivity (Wildman–Crippen MR) is 48.5 cm³/mol. The molecule has 0 saturated carbocycles. The van der Waals surface area contributed by atoms with Crippen LogP contribution in [-0.4, -0.2) is 45.3 Å². The van der Waals surface area contributed by atoms with Crippen molar-refractivity contribution in [3.8, 4) is 6.07 Å². The Labute approximate surface area is 79.0 Å². The van der Waals surface area contributed by atoms with E-state index in [9.17, 15) is 8.42 Å². The first-order valence-corrected chi connectivity index (χ1v) is 5.38. The lowest BCUT2D eigenvalue weighted by molar-refractivity contribution is 0.135. The van der Waals surface area contributed by atoms with E-state index in [0.717, 1.165) is 4.31 Å². The smallest absolute Gasteiger partial charge is 0.217 e. The summed E-state index contributed by atoms with van der Waals surface area (Å²) >= 11 is 0. The maximum absolute atomic E-state index is 11.4. The van der Waals surface area contributed by atoms with E-state index in [4.69, 9.17) is 10.00 Å². The van der Waals surface area contributed by atoms with Crippen molar-refractivity contribution in [2.75, 3.05) is 26.5 Å². The fourth-order valence-corrected chi connectivity index (χ4v) is 1.93. The van der Waals surface area contributed by atoms with E-state index in [2.05, 4.69) is 0 Å². The Kier molecular flexibility index (Phi) is 4.91. The molecule has 0 bridgehead atoms. The molecule has 0 spiro atoms. The van der Waals surface area contributed by atoms with Gasteiger partial charge in [-0.2, -0.15) is 9.57 Å². The van der Waals surface area contributed by atoms with Crippen molar-refractivity contribution in [2.24, 2.45) is 0 Å². The molecule has 0 aromatic carbocycles. The summed E-state index contributed by atoms with van der Waals surface area (Å²) in [5.41, 5.74) is 0. The van der Waals surface area contributed by atoms with Gasteiger partial charge in [0.15, 0.2) is 0 Å². The average Bonchev–Trinajstić information content (AvgIpc) is 2.04. The predicted octanol–water partition coefficient (Wildman–Crippen LogP) is -0.194. The van der Waals surface area contributed by atoms with Gasteiger partial charge in [0, 0.05) is 14.2 Å². The van der Waals surface area contributed by atoms with Crippen molar-refractivity contribution in [3.05, 3.63) is 0 Å². The molecule has 0 rings (SSSR count). The zero-order valence-electron chi connectivity index (χ0n) is 8.02. The van der Waals surface area contributed by atoms with Crippen LogP contribution in [0.2, 0.25) is 0 Å². The molecule has 6 heteroatoms. The fourth-order valence-electron chi connectivity index (χ4n) is 0.690. The van der Waals surface area contributed by atoms with Crippen molar-refractivity contribution in [1.29, 1.82) is 5.26 Å². The number of hydrogen-bond donors (Lipinski definition) is 0. The van der Waals surface area contributed by atoms with E-state index >= 15 is 0 Å². The van der Waals surface area contributed by atoms with Crippen LogP contribution >= 0.6 is 0 Å². The average molecular weight is 206 g/mol. The van der Waals surface area contributed by atoms with Crippen LogP contribution in [0.25, 0.3) is 0 Å². The van der Waals surface area contributed by atoms with Gasteiger partial charge in [-0.15, -0.1) is 0 Å². The Balaban J connectivity index is 4.33. The maximum atomic E-state index is 11.4. The number of nitrogens with zero attached hydrogens (tertiary/aromatic N) is 2. The zero-order chi connectivity index (χ0) is 10.5. The highest BCUT2D eigenvalue weighted by atomic mass is 32.2. The number of hydrogen-bond acceptors (Lipinski definition) is 4. The monoisotopic (exact) mass is 206 g/mol. The third kappa shape index (κ3) is 4.22. The second-order valence-corrected chi connectivity index (χ2v) is 4.86. The van der Waals surface area contributed by atoms with Crippen molar-refractivity contribution in [1.82, 2.24) is 4.31 Å². The molecule has 0 aliphatic rings. The van der Waals surface area contributed by atoms with Gasteiger partial charge in [-0.3, -0.25) is 0 Å². The molecule has 0 amide bonds. The lowest BCUT2D eigenvalue weighted by Gasteiger charge is -2.16. The van der Waals surface area contributed by atoms with Crippen LogP contribution in [0, 0.1) is 11.3 Å². The molecule has 76 valence electrons. The van der Waals surface area contributed by atoms with E-state index in [-0.39, 0.29) is 18.4 Å². The highest BCUT2D eigenvalue weighted by molar-refractivity contribution is 7.89. The Morgan fingerprint density at radius 1 is 1.62 bits per heavy atom. The number of nitriles is 1. The van der Waals surface area contributed by atoms with Gasteiger partial charge in [-0.1, -0.05) is 0 Å². The molecule has 0 heterocycles. The SMILES string of the molecule is COC(C)CS(=O)(=O)N(C)CC#N. The number of sulfonamides is 1. The standard InChI is InChI=1S/C7H14N2O3S/c1-7(12-3)6-13(10,11)9(2)5-4-8/h7H,5-6H2,1-3H3. The molecular weight excluding hydrogens is 192 g/mol. The minimum absolute atomic E-state index is 0.0956. The summed E-state index contributed by atoms with van der Waals surface area (Å²) in [7, 11) is -0.523. The largest absolute Gasteiger partial charge is 0.381 e. The highest BCUT2D eigenvalue weighted by Gasteiger charge is 2.20. The van der Waals surface area contributed by atoms with Crippen LogP contribution in [0.1, 0.15) is 6.92 Å². The van der Waals surface area contributed by atoms with Gasteiger partial charge in [0.05, 0.1) is 17.9 Å². The molecule has 13 heavy (non-hydrogen) atoms. The van der Waals surface area contributed by atoms with Gasteiger partial charge in [0.1, 0.15) is 6.54 Å². The van der Waals surface area contributed by atoms with Gasteiger partial charge in [0.2, 0.25) is 10.0 Å². The van der Waals surface area contributed by atoms with Crippen LogP contribution < -0.4 is 0 Å². The lowest BCUT2D eigenvalue weighted by Crippen LogP contribution is -2.33. The normalized spacial score (nSPS) is 14.1. The van der Waals surface area contributed by atoms with Crippen LogP contribution in [-0.2, 0) is 14.8 Å². The number of methoxy groups -OCH3 is 1. The molecule has 5 nitrogen and oxygen atoms in total. The third-order valence-corrected chi connectivity index (χ3v) is 3.59. The first kappa shape index (κ1) is 12.4. The molecule has 0 aliphatic heterocycles. The molecule has 1 atom stereocenters. The molecule has 0 aromatic rings. The van der Waals surface area contributed by atoms with Crippen LogP contribution in [0.5, 0.6) is 0 Å². The van der Waals surface area contributed by atoms with Gasteiger partial charge in [-0.05, 0) is 6.92 Å². The molecule has 0 radical (unpaired) electrons. The van der Waals surface area contributed by atoms with Crippen LogP contribution in [0.3, 0.4) is 0 Å². The minimum Gasteiger partial charge on any atom is -0.381 e. The van der Waals surface area contributed by atoms with Crippen molar-refractivity contribution < 1.29 is 13.2 Å².